The number of nitrogens with one attached hydrogen (secondary N) is 2. The first-order valence-corrected chi connectivity index (χ1v) is 8.17. The van der Waals surface area contributed by atoms with E-state index in [-0.39, 0.29) is 22.3 Å². The van der Waals surface area contributed by atoms with Crippen LogP contribution in [-0.4, -0.2) is 40.8 Å². The molecule has 19 heavy (non-hydrogen) atoms. The van der Waals surface area contributed by atoms with Gasteiger partial charge in [0.2, 0.25) is 0 Å². The minimum atomic E-state index is -1.08. The lowest BCUT2D eigenvalue weighted by Gasteiger charge is -2.39. The van der Waals surface area contributed by atoms with E-state index >= 15 is 0 Å². The Bertz CT molecular complexity index is 359. The fraction of sp³-hybridized carbons (Fsp3) is 0.857. The van der Waals surface area contributed by atoms with Crippen LogP contribution in [0.2, 0.25) is 0 Å². The van der Waals surface area contributed by atoms with Crippen LogP contribution in [0.25, 0.3) is 0 Å². The van der Waals surface area contributed by atoms with Gasteiger partial charge in [0, 0.05) is 5.41 Å². The van der Waals surface area contributed by atoms with E-state index in [1.807, 2.05) is 26.8 Å². The monoisotopic (exact) mass is 286 g/mol. The van der Waals surface area contributed by atoms with Crippen LogP contribution in [0.5, 0.6) is 0 Å². The highest BCUT2D eigenvalue weighted by molar-refractivity contribution is 7.84. The Kier molecular flexibility index (Phi) is 4.50. The Morgan fingerprint density at radius 2 is 2.05 bits per heavy atom. The van der Waals surface area contributed by atoms with Crippen LogP contribution in [0.1, 0.15) is 33.6 Å². The van der Waals surface area contributed by atoms with Gasteiger partial charge in [-0.3, -0.25) is 0 Å². The largest absolute Gasteiger partial charge is 0.372 e. The highest BCUT2D eigenvalue weighted by Gasteiger charge is 2.50. The van der Waals surface area contributed by atoms with E-state index in [0.29, 0.717) is 0 Å². The van der Waals surface area contributed by atoms with Crippen molar-refractivity contribution < 1.29 is 8.95 Å². The lowest BCUT2D eigenvalue weighted by Crippen LogP contribution is -2.54. The van der Waals surface area contributed by atoms with Crippen molar-refractivity contribution in [1.29, 1.82) is 0 Å². The van der Waals surface area contributed by atoms with Crippen LogP contribution in [0.4, 0.5) is 0 Å². The van der Waals surface area contributed by atoms with Crippen LogP contribution >= 0.6 is 0 Å². The third-order valence-corrected chi connectivity index (χ3v) is 5.75. The third-order valence-electron chi connectivity index (χ3n) is 4.17. The molecule has 3 atom stereocenters. The van der Waals surface area contributed by atoms with Crippen LogP contribution < -0.4 is 10.0 Å². The highest BCUT2D eigenvalue weighted by atomic mass is 32.2. The van der Waals surface area contributed by atoms with E-state index in [9.17, 15) is 4.21 Å². The summed E-state index contributed by atoms with van der Waals surface area (Å²) in [5, 5.41) is 3.39. The quantitative estimate of drug-likeness (QED) is 0.770. The SMILES string of the molecule is C=C[C@@H]1OCC2(CCNCC2)[C@@H]1NS(=O)C(C)(C)C. The topological polar surface area (TPSA) is 50.4 Å². The Morgan fingerprint density at radius 3 is 2.58 bits per heavy atom. The zero-order valence-electron chi connectivity index (χ0n) is 12.2. The lowest BCUT2D eigenvalue weighted by molar-refractivity contribution is 0.106. The van der Waals surface area contributed by atoms with Crippen molar-refractivity contribution >= 4 is 11.0 Å². The molecule has 0 saturated carbocycles. The van der Waals surface area contributed by atoms with Gasteiger partial charge in [-0.25, -0.2) is 8.93 Å². The van der Waals surface area contributed by atoms with Gasteiger partial charge in [0.05, 0.1) is 34.5 Å². The number of rotatable bonds is 3. The molecule has 2 N–H and O–H groups in total. The molecule has 2 heterocycles. The summed E-state index contributed by atoms with van der Waals surface area (Å²) in [5.74, 6) is 0. The number of hydrogen-bond acceptors (Lipinski definition) is 3. The van der Waals surface area contributed by atoms with Crippen molar-refractivity contribution in [2.75, 3.05) is 19.7 Å². The maximum atomic E-state index is 12.4. The zero-order chi connectivity index (χ0) is 14.1. The Balaban J connectivity index is 2.16. The highest BCUT2D eigenvalue weighted by Crippen LogP contribution is 2.41. The first-order chi connectivity index (χ1) is 8.89. The predicted octanol–water partition coefficient (Wildman–Crippen LogP) is 1.36. The van der Waals surface area contributed by atoms with E-state index in [4.69, 9.17) is 4.74 Å². The molecule has 0 aromatic carbocycles. The standard InChI is InChI=1S/C14H26N2O2S/c1-5-11-12(16-19(17)13(2,3)4)14(10-18-11)6-8-15-9-7-14/h5,11-12,15-16H,1,6-10H2,2-4H3/t11-,12+,19?/m0/s1. The fourth-order valence-corrected chi connectivity index (χ4v) is 3.83. The fourth-order valence-electron chi connectivity index (χ4n) is 2.86. The smallest absolute Gasteiger partial charge is 0.0973 e. The molecular weight excluding hydrogens is 260 g/mol. The third kappa shape index (κ3) is 3.10. The summed E-state index contributed by atoms with van der Waals surface area (Å²) in [6.45, 7) is 12.6. The van der Waals surface area contributed by atoms with Gasteiger partial charge in [0.15, 0.2) is 0 Å². The Morgan fingerprint density at radius 1 is 1.42 bits per heavy atom. The molecule has 2 aliphatic heterocycles. The van der Waals surface area contributed by atoms with Gasteiger partial charge < -0.3 is 10.1 Å². The first kappa shape index (κ1) is 15.2. The molecule has 0 bridgehead atoms. The van der Waals surface area contributed by atoms with Crippen molar-refractivity contribution in [2.45, 2.75) is 50.5 Å². The molecule has 1 spiro atoms. The predicted molar refractivity (Wildman–Crippen MR) is 79.3 cm³/mol. The second-order valence-corrected chi connectivity index (χ2v) is 8.60. The first-order valence-electron chi connectivity index (χ1n) is 7.02. The molecule has 2 saturated heterocycles. The average molecular weight is 286 g/mol. The molecule has 4 nitrogen and oxygen atoms in total. The molecule has 110 valence electrons. The lowest BCUT2D eigenvalue weighted by atomic mass is 9.74. The summed E-state index contributed by atoms with van der Waals surface area (Å²) >= 11 is 0. The molecule has 5 heteroatoms. The summed E-state index contributed by atoms with van der Waals surface area (Å²) in [5.41, 5.74) is 0.102. The van der Waals surface area contributed by atoms with Gasteiger partial charge in [-0.05, 0) is 46.7 Å². The second kappa shape index (κ2) is 5.64. The van der Waals surface area contributed by atoms with Crippen LogP contribution in [-0.2, 0) is 15.7 Å². The van der Waals surface area contributed by atoms with Gasteiger partial charge >= 0.3 is 0 Å². The van der Waals surface area contributed by atoms with Crippen molar-refractivity contribution in [2.24, 2.45) is 5.41 Å². The molecule has 2 fully saturated rings. The van der Waals surface area contributed by atoms with Crippen LogP contribution in [0.3, 0.4) is 0 Å². The van der Waals surface area contributed by atoms with Crippen molar-refractivity contribution in [3.8, 4) is 0 Å². The van der Waals surface area contributed by atoms with E-state index < -0.39 is 11.0 Å². The average Bonchev–Trinajstić information content (AvgIpc) is 2.68. The van der Waals surface area contributed by atoms with Gasteiger partial charge in [-0.15, -0.1) is 6.58 Å². The minimum absolute atomic E-state index is 0.0376. The summed E-state index contributed by atoms with van der Waals surface area (Å²) in [4.78, 5) is 0. The Hall–Kier alpha value is -0.230. The van der Waals surface area contributed by atoms with Gasteiger partial charge in [-0.2, -0.15) is 0 Å². The molecule has 0 amide bonds. The second-order valence-electron chi connectivity index (χ2n) is 6.60. The van der Waals surface area contributed by atoms with Gasteiger partial charge in [-0.1, -0.05) is 6.08 Å². The summed E-state index contributed by atoms with van der Waals surface area (Å²) < 4.78 is 21.3. The summed E-state index contributed by atoms with van der Waals surface area (Å²) in [7, 11) is -1.08. The molecule has 0 radical (unpaired) electrons. The van der Waals surface area contributed by atoms with Crippen LogP contribution in [0.15, 0.2) is 12.7 Å². The molecule has 0 aliphatic carbocycles. The minimum Gasteiger partial charge on any atom is -0.372 e. The number of ether oxygens (including phenoxy) is 1. The molecule has 0 aromatic rings. The molecule has 1 unspecified atom stereocenters. The van der Waals surface area contributed by atoms with E-state index in [0.717, 1.165) is 32.5 Å². The number of piperidine rings is 1. The molecule has 0 aromatic heterocycles. The maximum absolute atomic E-state index is 12.4. The molecule has 2 rings (SSSR count). The normalized spacial score (nSPS) is 32.4. The van der Waals surface area contributed by atoms with E-state index in [2.05, 4.69) is 16.6 Å². The van der Waals surface area contributed by atoms with E-state index in [1.54, 1.807) is 0 Å². The van der Waals surface area contributed by atoms with E-state index in [1.165, 1.54) is 0 Å². The number of hydrogen-bond donors (Lipinski definition) is 2. The van der Waals surface area contributed by atoms with Gasteiger partial charge in [0.1, 0.15) is 0 Å². The maximum Gasteiger partial charge on any atom is 0.0973 e. The summed E-state index contributed by atoms with van der Waals surface area (Å²) in [6, 6.07) is 0.104. The zero-order valence-corrected chi connectivity index (χ0v) is 13.0. The summed E-state index contributed by atoms with van der Waals surface area (Å²) in [6.07, 6.45) is 3.94. The van der Waals surface area contributed by atoms with Crippen molar-refractivity contribution in [1.82, 2.24) is 10.0 Å². The van der Waals surface area contributed by atoms with Crippen molar-refractivity contribution in [3.05, 3.63) is 12.7 Å². The molecule has 2 aliphatic rings. The van der Waals surface area contributed by atoms with Gasteiger partial charge in [0.25, 0.3) is 0 Å². The van der Waals surface area contributed by atoms with Crippen LogP contribution in [0, 0.1) is 5.41 Å². The Labute approximate surface area is 119 Å². The molecular formula is C14H26N2O2S. The van der Waals surface area contributed by atoms with Crippen molar-refractivity contribution in [3.63, 3.8) is 0 Å².